The van der Waals surface area contributed by atoms with Gasteiger partial charge in [-0.15, -0.1) is 0 Å². The van der Waals surface area contributed by atoms with Crippen LogP contribution in [0, 0.1) is 5.41 Å². The van der Waals surface area contributed by atoms with E-state index in [4.69, 9.17) is 15.2 Å². The quantitative estimate of drug-likeness (QED) is 0.887. The Balaban J connectivity index is 2.23. The van der Waals surface area contributed by atoms with Gasteiger partial charge in [0, 0.05) is 25.2 Å². The third-order valence-corrected chi connectivity index (χ3v) is 3.75. The van der Waals surface area contributed by atoms with E-state index in [1.807, 2.05) is 20.8 Å². The van der Waals surface area contributed by atoms with Gasteiger partial charge in [0.1, 0.15) is 5.75 Å². The molecule has 2 rings (SSSR count). The molecule has 8 heteroatoms. The molecular formula is C16H22F2N2O4. The maximum absolute atomic E-state index is 12.6. The van der Waals surface area contributed by atoms with Crippen LogP contribution in [0.15, 0.2) is 12.1 Å². The molecule has 24 heavy (non-hydrogen) atoms. The molecule has 134 valence electrons. The van der Waals surface area contributed by atoms with Crippen LogP contribution in [0.2, 0.25) is 0 Å². The molecule has 1 aliphatic rings. The van der Waals surface area contributed by atoms with E-state index < -0.39 is 18.1 Å². The van der Waals surface area contributed by atoms with E-state index in [9.17, 15) is 13.6 Å². The number of alkyl halides is 2. The molecule has 1 aliphatic heterocycles. The van der Waals surface area contributed by atoms with Gasteiger partial charge in [0.05, 0.1) is 6.04 Å². The predicted octanol–water partition coefficient (Wildman–Crippen LogP) is 2.35. The first-order chi connectivity index (χ1) is 11.1. The van der Waals surface area contributed by atoms with Crippen LogP contribution < -0.4 is 19.9 Å². The van der Waals surface area contributed by atoms with Gasteiger partial charge in [0.25, 0.3) is 0 Å². The minimum absolute atomic E-state index is 0.0105. The summed E-state index contributed by atoms with van der Waals surface area (Å²) in [6.45, 7) is 2.65. The number of nitrogens with zero attached hydrogens (tertiary/aromatic N) is 1. The number of rotatable bonds is 5. The van der Waals surface area contributed by atoms with E-state index in [1.54, 1.807) is 7.05 Å². The Hall–Kier alpha value is -2.09. The first-order valence-electron chi connectivity index (χ1n) is 7.47. The highest BCUT2D eigenvalue weighted by atomic mass is 19.3. The zero-order valence-corrected chi connectivity index (χ0v) is 14.1. The molecule has 1 aromatic carbocycles. The van der Waals surface area contributed by atoms with Gasteiger partial charge in [0.15, 0.2) is 11.5 Å². The lowest BCUT2D eigenvalue weighted by atomic mass is 9.86. The molecule has 2 N–H and O–H groups in total. The average Bonchev–Trinajstić information content (AvgIpc) is 2.91. The highest BCUT2D eigenvalue weighted by Crippen LogP contribution is 2.39. The Labute approximate surface area is 139 Å². The van der Waals surface area contributed by atoms with Crippen LogP contribution in [0.5, 0.6) is 17.2 Å². The molecule has 0 unspecified atom stereocenters. The number of benzene rings is 1. The SMILES string of the molecule is CN(Cc1cc2c(cc1OC(F)F)OCO2)C(=O)[C@@H](N)C(C)(C)C. The number of likely N-dealkylation sites (N-methyl/N-ethyl adjacent to an activating group) is 1. The molecule has 6 nitrogen and oxygen atoms in total. The monoisotopic (exact) mass is 344 g/mol. The molecule has 0 fully saturated rings. The number of halogens is 2. The van der Waals surface area contributed by atoms with Crippen molar-refractivity contribution in [3.05, 3.63) is 17.7 Å². The summed E-state index contributed by atoms with van der Waals surface area (Å²) in [6, 6.07) is 2.16. The Morgan fingerprint density at radius 3 is 2.46 bits per heavy atom. The molecule has 0 spiro atoms. The van der Waals surface area contributed by atoms with Crippen LogP contribution in [0.3, 0.4) is 0 Å². The van der Waals surface area contributed by atoms with E-state index in [0.717, 1.165) is 0 Å². The second-order valence-corrected chi connectivity index (χ2v) is 6.73. The molecule has 0 aliphatic carbocycles. The van der Waals surface area contributed by atoms with Gasteiger partial charge < -0.3 is 24.8 Å². The molecule has 1 amide bonds. The van der Waals surface area contributed by atoms with Crippen LogP contribution in [0.25, 0.3) is 0 Å². The molecule has 1 atom stereocenters. The van der Waals surface area contributed by atoms with E-state index in [1.165, 1.54) is 17.0 Å². The van der Waals surface area contributed by atoms with Crippen molar-refractivity contribution in [2.75, 3.05) is 13.8 Å². The molecule has 1 heterocycles. The van der Waals surface area contributed by atoms with Crippen molar-refractivity contribution in [2.24, 2.45) is 11.1 Å². The van der Waals surface area contributed by atoms with Gasteiger partial charge in [-0.1, -0.05) is 20.8 Å². The number of nitrogens with two attached hydrogens (primary N) is 1. The van der Waals surface area contributed by atoms with Crippen molar-refractivity contribution in [2.45, 2.75) is 40.0 Å². The minimum Gasteiger partial charge on any atom is -0.454 e. The van der Waals surface area contributed by atoms with Gasteiger partial charge in [0.2, 0.25) is 12.7 Å². The number of hydrogen-bond donors (Lipinski definition) is 1. The Morgan fingerprint density at radius 2 is 1.92 bits per heavy atom. The zero-order valence-electron chi connectivity index (χ0n) is 14.1. The highest BCUT2D eigenvalue weighted by Gasteiger charge is 2.30. The standard InChI is InChI=1S/C16H22F2N2O4/c1-16(2,3)13(19)14(21)20(4)7-9-5-11-12(23-8-22-11)6-10(9)24-15(17)18/h5-6,13,15H,7-8,19H2,1-4H3/t13-/m1/s1. The average molecular weight is 344 g/mol. The lowest BCUT2D eigenvalue weighted by Crippen LogP contribution is -2.48. The van der Waals surface area contributed by atoms with E-state index in [-0.39, 0.29) is 25.0 Å². The topological polar surface area (TPSA) is 74.0 Å². The molecule has 0 saturated carbocycles. The molecule has 1 aromatic rings. The molecule has 0 aromatic heterocycles. The normalized spacial score (nSPS) is 14.7. The summed E-state index contributed by atoms with van der Waals surface area (Å²) in [7, 11) is 1.56. The Kier molecular flexibility index (Phi) is 5.17. The van der Waals surface area contributed by atoms with Gasteiger partial charge in [-0.05, 0) is 11.5 Å². The summed E-state index contributed by atoms with van der Waals surface area (Å²) in [6.07, 6.45) is 0. The highest BCUT2D eigenvalue weighted by molar-refractivity contribution is 5.82. The number of amides is 1. The van der Waals surface area contributed by atoms with Crippen molar-refractivity contribution >= 4 is 5.91 Å². The second-order valence-electron chi connectivity index (χ2n) is 6.73. The van der Waals surface area contributed by atoms with Gasteiger partial charge in [-0.25, -0.2) is 0 Å². The largest absolute Gasteiger partial charge is 0.454 e. The van der Waals surface area contributed by atoms with Gasteiger partial charge in [-0.2, -0.15) is 8.78 Å². The Bertz CT molecular complexity index is 617. The molecule has 0 radical (unpaired) electrons. The molecule has 0 saturated heterocycles. The van der Waals surface area contributed by atoms with Crippen molar-refractivity contribution in [1.29, 1.82) is 0 Å². The lowest BCUT2D eigenvalue weighted by Gasteiger charge is -2.30. The molecule has 0 bridgehead atoms. The third-order valence-electron chi connectivity index (χ3n) is 3.75. The zero-order chi connectivity index (χ0) is 18.1. The first-order valence-corrected chi connectivity index (χ1v) is 7.47. The van der Waals surface area contributed by atoms with Crippen molar-refractivity contribution in [1.82, 2.24) is 4.90 Å². The fraction of sp³-hybridized carbons (Fsp3) is 0.562. The summed E-state index contributed by atoms with van der Waals surface area (Å²) in [5.74, 6) is 0.406. The first kappa shape index (κ1) is 18.3. The summed E-state index contributed by atoms with van der Waals surface area (Å²) in [5.41, 5.74) is 5.94. The summed E-state index contributed by atoms with van der Waals surface area (Å²) >= 11 is 0. The maximum Gasteiger partial charge on any atom is 0.387 e. The fourth-order valence-corrected chi connectivity index (χ4v) is 2.24. The van der Waals surface area contributed by atoms with Crippen LogP contribution in [0.4, 0.5) is 8.78 Å². The van der Waals surface area contributed by atoms with E-state index in [0.29, 0.717) is 17.1 Å². The number of ether oxygens (including phenoxy) is 3. The number of hydrogen-bond acceptors (Lipinski definition) is 5. The second kappa shape index (κ2) is 6.80. The van der Waals surface area contributed by atoms with E-state index >= 15 is 0 Å². The number of carbonyl (C=O) groups is 1. The fourth-order valence-electron chi connectivity index (χ4n) is 2.24. The third kappa shape index (κ3) is 4.05. The number of carbonyl (C=O) groups excluding carboxylic acids is 1. The maximum atomic E-state index is 12.6. The minimum atomic E-state index is -2.98. The smallest absolute Gasteiger partial charge is 0.387 e. The lowest BCUT2D eigenvalue weighted by molar-refractivity contribution is -0.134. The van der Waals surface area contributed by atoms with Crippen LogP contribution in [-0.4, -0.2) is 37.3 Å². The van der Waals surface area contributed by atoms with Crippen molar-refractivity contribution in [3.63, 3.8) is 0 Å². The Morgan fingerprint density at radius 1 is 1.33 bits per heavy atom. The van der Waals surface area contributed by atoms with Crippen LogP contribution in [0.1, 0.15) is 26.3 Å². The summed E-state index contributed by atoms with van der Waals surface area (Å²) < 4.78 is 40.2. The van der Waals surface area contributed by atoms with E-state index in [2.05, 4.69) is 4.74 Å². The van der Waals surface area contributed by atoms with Crippen molar-refractivity contribution < 1.29 is 27.8 Å². The summed E-state index contributed by atoms with van der Waals surface area (Å²) in [4.78, 5) is 13.8. The number of fused-ring (bicyclic) bond motifs is 1. The van der Waals surface area contributed by atoms with Gasteiger partial charge in [-0.3, -0.25) is 4.79 Å². The van der Waals surface area contributed by atoms with Crippen molar-refractivity contribution in [3.8, 4) is 17.2 Å². The van der Waals surface area contributed by atoms with Gasteiger partial charge >= 0.3 is 6.61 Å². The van der Waals surface area contributed by atoms with Crippen LogP contribution in [-0.2, 0) is 11.3 Å². The molecular weight excluding hydrogens is 322 g/mol. The predicted molar refractivity (Wildman–Crippen MR) is 83.1 cm³/mol. The van der Waals surface area contributed by atoms with Crippen LogP contribution >= 0.6 is 0 Å². The summed E-state index contributed by atoms with van der Waals surface area (Å²) in [5, 5.41) is 0.